The van der Waals surface area contributed by atoms with E-state index >= 15 is 0 Å². The number of piperidine rings is 1. The quantitative estimate of drug-likeness (QED) is 0.673. The molecule has 1 fully saturated rings. The Morgan fingerprint density at radius 3 is 2.39 bits per heavy atom. The Morgan fingerprint density at radius 2 is 1.83 bits per heavy atom. The highest BCUT2D eigenvalue weighted by Gasteiger charge is 2.34. The number of nitrogens with zero attached hydrogens (tertiary/aromatic N) is 1. The summed E-state index contributed by atoms with van der Waals surface area (Å²) in [5.41, 5.74) is -0.125. The van der Waals surface area contributed by atoms with Crippen molar-refractivity contribution in [1.82, 2.24) is 4.90 Å². The van der Waals surface area contributed by atoms with E-state index in [1.807, 2.05) is 0 Å². The minimum absolute atomic E-state index is 0.125. The molecule has 0 saturated carbocycles. The van der Waals surface area contributed by atoms with E-state index in [0.717, 1.165) is 25.9 Å². The predicted octanol–water partition coefficient (Wildman–Crippen LogP) is 3.68. The molecule has 1 heterocycles. The highest BCUT2D eigenvalue weighted by atomic mass is 16.4. The van der Waals surface area contributed by atoms with Crippen molar-refractivity contribution in [2.24, 2.45) is 0 Å². The van der Waals surface area contributed by atoms with Crippen LogP contribution in [0.2, 0.25) is 0 Å². The number of carboxylic acids is 1. The third kappa shape index (κ3) is 4.97. The number of hydrogen-bond acceptors (Lipinski definition) is 2. The van der Waals surface area contributed by atoms with Gasteiger partial charge >= 0.3 is 5.97 Å². The Kier molecular flexibility index (Phi) is 6.69. The largest absolute Gasteiger partial charge is 0.481 e. The number of unbranched alkanes of at least 4 members (excludes halogenated alkanes) is 3. The van der Waals surface area contributed by atoms with E-state index in [2.05, 4.69) is 18.7 Å². The van der Waals surface area contributed by atoms with E-state index in [4.69, 9.17) is 5.11 Å². The van der Waals surface area contributed by atoms with Crippen molar-refractivity contribution in [3.05, 3.63) is 0 Å². The molecule has 1 rings (SSSR count). The van der Waals surface area contributed by atoms with Gasteiger partial charge in [-0.1, -0.05) is 39.0 Å². The lowest BCUT2D eigenvalue weighted by Crippen LogP contribution is -2.50. The van der Waals surface area contributed by atoms with Gasteiger partial charge in [0.15, 0.2) is 0 Å². The second kappa shape index (κ2) is 7.78. The molecule has 1 unspecified atom stereocenters. The lowest BCUT2D eigenvalue weighted by Gasteiger charge is -2.43. The Bertz CT molecular complexity index is 249. The molecule has 0 aromatic heterocycles. The molecular weight excluding hydrogens is 226 g/mol. The van der Waals surface area contributed by atoms with Gasteiger partial charge in [0, 0.05) is 5.54 Å². The van der Waals surface area contributed by atoms with E-state index in [-0.39, 0.29) is 5.54 Å². The summed E-state index contributed by atoms with van der Waals surface area (Å²) < 4.78 is 0. The Labute approximate surface area is 112 Å². The maximum atomic E-state index is 11.1. The summed E-state index contributed by atoms with van der Waals surface area (Å²) in [5.74, 6) is -0.654. The molecule has 18 heavy (non-hydrogen) atoms. The summed E-state index contributed by atoms with van der Waals surface area (Å²) in [4.78, 5) is 13.5. The second-order valence-corrected chi connectivity index (χ2v) is 5.93. The Morgan fingerprint density at radius 1 is 1.17 bits per heavy atom. The van der Waals surface area contributed by atoms with Gasteiger partial charge < -0.3 is 5.11 Å². The third-order valence-corrected chi connectivity index (χ3v) is 4.22. The molecule has 0 aromatic carbocycles. The fourth-order valence-electron chi connectivity index (χ4n) is 3.05. The van der Waals surface area contributed by atoms with Crippen LogP contribution in [0.1, 0.15) is 71.6 Å². The van der Waals surface area contributed by atoms with Gasteiger partial charge in [-0.2, -0.15) is 0 Å². The van der Waals surface area contributed by atoms with Crippen molar-refractivity contribution in [3.63, 3.8) is 0 Å². The molecular formula is C15H29NO2. The summed E-state index contributed by atoms with van der Waals surface area (Å²) in [5, 5.41) is 9.16. The first-order chi connectivity index (χ1) is 8.58. The first-order valence-corrected chi connectivity index (χ1v) is 7.55. The average Bonchev–Trinajstić information content (AvgIpc) is 2.35. The number of aliphatic carboxylic acids is 1. The van der Waals surface area contributed by atoms with Crippen LogP contribution >= 0.6 is 0 Å². The van der Waals surface area contributed by atoms with Crippen molar-refractivity contribution in [2.45, 2.75) is 77.2 Å². The fourth-order valence-corrected chi connectivity index (χ4v) is 3.05. The molecule has 0 bridgehead atoms. The molecule has 0 aromatic rings. The van der Waals surface area contributed by atoms with Crippen molar-refractivity contribution >= 4 is 5.97 Å². The lowest BCUT2D eigenvalue weighted by molar-refractivity contribution is -0.140. The average molecular weight is 255 g/mol. The number of hydrogen-bond donors (Lipinski definition) is 1. The lowest BCUT2D eigenvalue weighted by atomic mass is 9.87. The van der Waals surface area contributed by atoms with Gasteiger partial charge in [-0.15, -0.1) is 0 Å². The van der Waals surface area contributed by atoms with E-state index in [1.165, 1.54) is 38.5 Å². The zero-order valence-electron chi connectivity index (χ0n) is 12.1. The molecule has 1 N–H and O–H groups in total. The van der Waals surface area contributed by atoms with E-state index < -0.39 is 5.97 Å². The highest BCUT2D eigenvalue weighted by Crippen LogP contribution is 2.29. The molecule has 0 spiro atoms. The van der Waals surface area contributed by atoms with Crippen LogP contribution in [0.5, 0.6) is 0 Å². The van der Waals surface area contributed by atoms with Gasteiger partial charge in [0.25, 0.3) is 0 Å². The number of carboxylic acid groups (broad SMARTS) is 1. The van der Waals surface area contributed by atoms with Gasteiger partial charge in [0.1, 0.15) is 0 Å². The van der Waals surface area contributed by atoms with E-state index in [1.54, 1.807) is 0 Å². The van der Waals surface area contributed by atoms with Crippen molar-refractivity contribution < 1.29 is 9.90 Å². The maximum Gasteiger partial charge on any atom is 0.305 e. The smallest absolute Gasteiger partial charge is 0.305 e. The van der Waals surface area contributed by atoms with Crippen molar-refractivity contribution in [2.75, 3.05) is 13.1 Å². The second-order valence-electron chi connectivity index (χ2n) is 5.93. The van der Waals surface area contributed by atoms with Gasteiger partial charge in [0.05, 0.1) is 6.42 Å². The normalized spacial score (nSPS) is 20.6. The monoisotopic (exact) mass is 255 g/mol. The van der Waals surface area contributed by atoms with Crippen LogP contribution in [0.25, 0.3) is 0 Å². The number of rotatable bonds is 8. The SMILES string of the molecule is CCCCCCC(C)(CC(=O)O)N1CCCCC1. The topological polar surface area (TPSA) is 40.5 Å². The van der Waals surface area contributed by atoms with Gasteiger partial charge in [-0.3, -0.25) is 9.69 Å². The summed E-state index contributed by atoms with van der Waals surface area (Å²) >= 11 is 0. The standard InChI is InChI=1S/C15H29NO2/c1-3-4-5-7-10-15(2,13-14(17)18)16-11-8-6-9-12-16/h3-13H2,1-2H3,(H,17,18). The Balaban J connectivity index is 2.52. The van der Waals surface area contributed by atoms with Crippen LogP contribution in [-0.4, -0.2) is 34.6 Å². The first kappa shape index (κ1) is 15.5. The molecule has 3 heteroatoms. The highest BCUT2D eigenvalue weighted by molar-refractivity contribution is 5.68. The van der Waals surface area contributed by atoms with Crippen molar-refractivity contribution in [3.8, 4) is 0 Å². The first-order valence-electron chi connectivity index (χ1n) is 7.55. The minimum Gasteiger partial charge on any atom is -0.481 e. The van der Waals surface area contributed by atoms with Gasteiger partial charge in [-0.05, 0) is 39.3 Å². The van der Waals surface area contributed by atoms with Crippen LogP contribution in [0.3, 0.4) is 0 Å². The molecule has 1 aliphatic heterocycles. The van der Waals surface area contributed by atoms with Crippen LogP contribution in [0.4, 0.5) is 0 Å². The third-order valence-electron chi connectivity index (χ3n) is 4.22. The predicted molar refractivity (Wildman–Crippen MR) is 74.8 cm³/mol. The molecule has 0 radical (unpaired) electrons. The van der Waals surface area contributed by atoms with E-state index in [0.29, 0.717) is 6.42 Å². The van der Waals surface area contributed by atoms with Gasteiger partial charge in [-0.25, -0.2) is 0 Å². The van der Waals surface area contributed by atoms with Gasteiger partial charge in [0.2, 0.25) is 0 Å². The van der Waals surface area contributed by atoms with Crippen molar-refractivity contribution in [1.29, 1.82) is 0 Å². The molecule has 1 saturated heterocycles. The maximum absolute atomic E-state index is 11.1. The number of likely N-dealkylation sites (tertiary alicyclic amines) is 1. The summed E-state index contributed by atoms with van der Waals surface area (Å²) in [7, 11) is 0. The summed E-state index contributed by atoms with van der Waals surface area (Å²) in [6.07, 6.45) is 9.97. The molecule has 106 valence electrons. The molecule has 0 amide bonds. The van der Waals surface area contributed by atoms with Crippen LogP contribution < -0.4 is 0 Å². The zero-order valence-corrected chi connectivity index (χ0v) is 12.1. The van der Waals surface area contributed by atoms with Crippen LogP contribution in [-0.2, 0) is 4.79 Å². The summed E-state index contributed by atoms with van der Waals surface area (Å²) in [6, 6.07) is 0. The number of carbonyl (C=O) groups is 1. The molecule has 0 aliphatic carbocycles. The van der Waals surface area contributed by atoms with E-state index in [9.17, 15) is 4.79 Å². The fraction of sp³-hybridized carbons (Fsp3) is 0.933. The Hall–Kier alpha value is -0.570. The summed E-state index contributed by atoms with van der Waals surface area (Å²) in [6.45, 7) is 6.52. The zero-order chi connectivity index (χ0) is 13.4. The van der Waals surface area contributed by atoms with Crippen LogP contribution in [0.15, 0.2) is 0 Å². The van der Waals surface area contributed by atoms with Crippen LogP contribution in [0, 0.1) is 0 Å². The molecule has 1 atom stereocenters. The minimum atomic E-state index is -0.654. The molecule has 1 aliphatic rings. The molecule has 3 nitrogen and oxygen atoms in total.